The summed E-state index contributed by atoms with van der Waals surface area (Å²) in [6, 6.07) is 4.40. The number of nitrogens with one attached hydrogen (secondary N) is 1. The van der Waals surface area contributed by atoms with Crippen LogP contribution in [-0.2, 0) is 14.8 Å². The summed E-state index contributed by atoms with van der Waals surface area (Å²) in [4.78, 5) is 0.170. The van der Waals surface area contributed by atoms with Crippen molar-refractivity contribution in [3.05, 3.63) is 28.8 Å². The highest BCUT2D eigenvalue weighted by atomic mass is 35.5. The molecule has 2 rings (SSSR count). The van der Waals surface area contributed by atoms with Gasteiger partial charge in [-0.05, 0) is 32.4 Å². The first-order chi connectivity index (χ1) is 9.66. The number of benzene rings is 1. The Bertz CT molecular complexity index is 678. The summed E-state index contributed by atoms with van der Waals surface area (Å²) < 4.78 is 33.2. The molecule has 2 unspecified atom stereocenters. The SMILES string of the molecule is CC1OCCC1(C)NS(=O)(=O)c1ccc(C(N)=S)cc1Cl. The third-order valence-electron chi connectivity index (χ3n) is 3.76. The van der Waals surface area contributed by atoms with Gasteiger partial charge in [-0.3, -0.25) is 0 Å². The van der Waals surface area contributed by atoms with Gasteiger partial charge in [-0.2, -0.15) is 0 Å². The molecule has 0 radical (unpaired) electrons. The Balaban J connectivity index is 2.34. The van der Waals surface area contributed by atoms with Gasteiger partial charge in [0.05, 0.1) is 16.7 Å². The molecule has 2 atom stereocenters. The molecule has 1 aliphatic heterocycles. The third-order valence-corrected chi connectivity index (χ3v) is 6.09. The van der Waals surface area contributed by atoms with E-state index in [9.17, 15) is 8.42 Å². The summed E-state index contributed by atoms with van der Waals surface area (Å²) in [7, 11) is -3.75. The first-order valence-corrected chi connectivity index (χ1v) is 8.67. The topological polar surface area (TPSA) is 81.4 Å². The number of halogens is 1. The second-order valence-electron chi connectivity index (χ2n) is 5.30. The molecule has 116 valence electrons. The van der Waals surface area contributed by atoms with E-state index in [4.69, 9.17) is 34.3 Å². The van der Waals surface area contributed by atoms with Gasteiger partial charge in [0.1, 0.15) is 9.88 Å². The molecule has 5 nitrogen and oxygen atoms in total. The van der Waals surface area contributed by atoms with Gasteiger partial charge in [0.25, 0.3) is 0 Å². The summed E-state index contributed by atoms with van der Waals surface area (Å²) in [5, 5.41) is 0.0861. The Labute approximate surface area is 134 Å². The second kappa shape index (κ2) is 5.81. The molecule has 8 heteroatoms. The minimum Gasteiger partial charge on any atom is -0.389 e. The summed E-state index contributed by atoms with van der Waals surface area (Å²) in [6.45, 7) is 4.18. The lowest BCUT2D eigenvalue weighted by atomic mass is 9.97. The zero-order chi connectivity index (χ0) is 15.8. The van der Waals surface area contributed by atoms with E-state index in [1.807, 2.05) is 13.8 Å². The molecule has 0 spiro atoms. The van der Waals surface area contributed by atoms with Crippen LogP contribution in [0.5, 0.6) is 0 Å². The number of thiocarbonyl (C=S) groups is 1. The Morgan fingerprint density at radius 1 is 1.57 bits per heavy atom. The van der Waals surface area contributed by atoms with Gasteiger partial charge in [-0.1, -0.05) is 29.9 Å². The number of hydrogen-bond donors (Lipinski definition) is 2. The van der Waals surface area contributed by atoms with Crippen molar-refractivity contribution in [2.24, 2.45) is 5.73 Å². The Kier molecular flexibility index (Phi) is 4.60. The van der Waals surface area contributed by atoms with Crippen molar-refractivity contribution in [2.75, 3.05) is 6.61 Å². The molecular weight excluding hydrogens is 332 g/mol. The number of rotatable bonds is 4. The van der Waals surface area contributed by atoms with Crippen LogP contribution in [0, 0.1) is 0 Å². The predicted octanol–water partition coefficient (Wildman–Crippen LogP) is 1.82. The van der Waals surface area contributed by atoms with E-state index < -0.39 is 15.6 Å². The van der Waals surface area contributed by atoms with Gasteiger partial charge < -0.3 is 10.5 Å². The lowest BCUT2D eigenvalue weighted by Gasteiger charge is -2.28. The average Bonchev–Trinajstić information content (AvgIpc) is 2.67. The highest BCUT2D eigenvalue weighted by molar-refractivity contribution is 7.89. The molecule has 1 fully saturated rings. The van der Waals surface area contributed by atoms with Crippen molar-refractivity contribution in [3.8, 4) is 0 Å². The zero-order valence-corrected chi connectivity index (χ0v) is 14.1. The van der Waals surface area contributed by atoms with Gasteiger partial charge in [0.2, 0.25) is 10.0 Å². The van der Waals surface area contributed by atoms with Gasteiger partial charge in [0, 0.05) is 12.2 Å². The predicted molar refractivity (Wildman–Crippen MR) is 86.1 cm³/mol. The van der Waals surface area contributed by atoms with E-state index in [0.29, 0.717) is 18.6 Å². The van der Waals surface area contributed by atoms with Crippen LogP contribution < -0.4 is 10.5 Å². The van der Waals surface area contributed by atoms with Crippen LogP contribution in [0.4, 0.5) is 0 Å². The molecule has 0 bridgehead atoms. The summed E-state index contributed by atoms with van der Waals surface area (Å²) in [5.74, 6) is 0. The van der Waals surface area contributed by atoms with E-state index >= 15 is 0 Å². The molecule has 0 saturated carbocycles. The summed E-state index contributed by atoms with van der Waals surface area (Å²) in [5.41, 5.74) is 5.38. The standard InChI is InChI=1S/C13H17ClN2O3S2/c1-8-13(2,5-6-19-8)16-21(17,18)11-4-3-9(12(15)20)7-10(11)14/h3-4,7-8,16H,5-6H2,1-2H3,(H2,15,20). The normalized spacial score (nSPS) is 26.0. The van der Waals surface area contributed by atoms with E-state index in [1.165, 1.54) is 12.1 Å². The highest BCUT2D eigenvalue weighted by Gasteiger charge is 2.41. The fourth-order valence-corrected chi connectivity index (χ4v) is 4.37. The van der Waals surface area contributed by atoms with Crippen LogP contribution in [0.25, 0.3) is 0 Å². The third kappa shape index (κ3) is 3.37. The average molecular weight is 349 g/mol. The second-order valence-corrected chi connectivity index (χ2v) is 7.79. The molecule has 0 amide bonds. The van der Waals surface area contributed by atoms with Crippen molar-refractivity contribution in [1.29, 1.82) is 0 Å². The Hall–Kier alpha value is -0.730. The molecule has 1 saturated heterocycles. The molecule has 1 heterocycles. The zero-order valence-electron chi connectivity index (χ0n) is 11.7. The fourth-order valence-electron chi connectivity index (χ4n) is 2.20. The number of hydrogen-bond acceptors (Lipinski definition) is 4. The van der Waals surface area contributed by atoms with Crippen molar-refractivity contribution >= 4 is 38.8 Å². The summed E-state index contributed by atoms with van der Waals surface area (Å²) in [6.07, 6.45) is 0.401. The molecule has 1 aromatic carbocycles. The first kappa shape index (κ1) is 16.6. The minimum atomic E-state index is -3.75. The van der Waals surface area contributed by atoms with Crippen LogP contribution in [0.2, 0.25) is 5.02 Å². The lowest BCUT2D eigenvalue weighted by Crippen LogP contribution is -2.50. The number of sulfonamides is 1. The van der Waals surface area contributed by atoms with Crippen LogP contribution in [0.3, 0.4) is 0 Å². The van der Waals surface area contributed by atoms with Crippen LogP contribution >= 0.6 is 23.8 Å². The molecule has 3 N–H and O–H groups in total. The maximum Gasteiger partial charge on any atom is 0.242 e. The molecule has 1 aliphatic rings. The Morgan fingerprint density at radius 3 is 2.71 bits per heavy atom. The molecular formula is C13H17ClN2O3S2. The molecule has 0 aliphatic carbocycles. The van der Waals surface area contributed by atoms with E-state index in [2.05, 4.69) is 4.72 Å². The van der Waals surface area contributed by atoms with Crippen molar-refractivity contribution in [3.63, 3.8) is 0 Å². The van der Waals surface area contributed by atoms with Crippen molar-refractivity contribution in [1.82, 2.24) is 4.72 Å². The number of nitrogens with two attached hydrogens (primary N) is 1. The van der Waals surface area contributed by atoms with Gasteiger partial charge in [-0.15, -0.1) is 0 Å². The summed E-state index contributed by atoms with van der Waals surface area (Å²) >= 11 is 10.9. The lowest BCUT2D eigenvalue weighted by molar-refractivity contribution is 0.0957. The monoisotopic (exact) mass is 348 g/mol. The van der Waals surface area contributed by atoms with Gasteiger partial charge in [0.15, 0.2) is 0 Å². The maximum absolute atomic E-state index is 12.5. The van der Waals surface area contributed by atoms with Crippen molar-refractivity contribution in [2.45, 2.75) is 36.8 Å². The largest absolute Gasteiger partial charge is 0.389 e. The van der Waals surface area contributed by atoms with Crippen LogP contribution in [0.15, 0.2) is 23.1 Å². The Morgan fingerprint density at radius 2 is 2.24 bits per heavy atom. The van der Waals surface area contributed by atoms with Crippen molar-refractivity contribution < 1.29 is 13.2 Å². The minimum absolute atomic E-state index is 0.00416. The van der Waals surface area contributed by atoms with E-state index in [-0.39, 0.29) is 21.0 Å². The van der Waals surface area contributed by atoms with Crippen LogP contribution in [-0.4, -0.2) is 31.7 Å². The smallest absolute Gasteiger partial charge is 0.242 e. The highest BCUT2D eigenvalue weighted by Crippen LogP contribution is 2.29. The quantitative estimate of drug-likeness (QED) is 0.811. The van der Waals surface area contributed by atoms with Gasteiger partial charge >= 0.3 is 0 Å². The molecule has 21 heavy (non-hydrogen) atoms. The van der Waals surface area contributed by atoms with E-state index in [0.717, 1.165) is 0 Å². The molecule has 0 aromatic heterocycles. The first-order valence-electron chi connectivity index (χ1n) is 6.41. The maximum atomic E-state index is 12.5. The number of ether oxygens (including phenoxy) is 1. The van der Waals surface area contributed by atoms with Gasteiger partial charge in [-0.25, -0.2) is 13.1 Å². The van der Waals surface area contributed by atoms with E-state index in [1.54, 1.807) is 6.07 Å². The molecule has 1 aromatic rings. The van der Waals surface area contributed by atoms with Crippen LogP contribution in [0.1, 0.15) is 25.8 Å². The fraction of sp³-hybridized carbons (Fsp3) is 0.462.